The first-order valence-corrected chi connectivity index (χ1v) is 9.27. The third-order valence-electron chi connectivity index (χ3n) is 4.32. The van der Waals surface area contributed by atoms with Crippen molar-refractivity contribution in [2.75, 3.05) is 11.9 Å². The Morgan fingerprint density at radius 1 is 1.04 bits per heavy atom. The second-order valence-electron chi connectivity index (χ2n) is 6.32. The molecule has 1 N–H and O–H groups in total. The molecule has 0 unspecified atom stereocenters. The van der Waals surface area contributed by atoms with Crippen molar-refractivity contribution in [2.24, 2.45) is 0 Å². The minimum absolute atomic E-state index is 0.431. The molecule has 0 fully saturated rings. The highest BCUT2D eigenvalue weighted by Crippen LogP contribution is 2.35. The van der Waals surface area contributed by atoms with Gasteiger partial charge in [-0.05, 0) is 50.2 Å². The van der Waals surface area contributed by atoms with Gasteiger partial charge in [0.2, 0.25) is 0 Å². The molecule has 0 atom stereocenters. The number of ether oxygens (including phenoxy) is 1. The molecule has 0 aliphatic carbocycles. The van der Waals surface area contributed by atoms with E-state index in [1.165, 1.54) is 0 Å². The van der Waals surface area contributed by atoms with Crippen molar-refractivity contribution in [2.45, 2.75) is 27.2 Å². The molecule has 3 heterocycles. The first-order chi connectivity index (χ1) is 13.7. The van der Waals surface area contributed by atoms with Gasteiger partial charge in [0, 0.05) is 29.4 Å². The smallest absolute Gasteiger partial charge is 0.261 e. The lowest BCUT2D eigenvalue weighted by molar-refractivity contribution is 0.340. The predicted octanol–water partition coefficient (Wildman–Crippen LogP) is 4.69. The maximum Gasteiger partial charge on any atom is 0.261 e. The van der Waals surface area contributed by atoms with Gasteiger partial charge in [0.25, 0.3) is 5.89 Å². The molecule has 28 heavy (non-hydrogen) atoms. The number of hydrogen-bond acceptors (Lipinski definition) is 7. The van der Waals surface area contributed by atoms with Crippen molar-refractivity contribution in [3.8, 4) is 17.2 Å². The molecule has 7 heteroatoms. The molecule has 0 amide bonds. The summed E-state index contributed by atoms with van der Waals surface area (Å²) < 4.78 is 11.0. The van der Waals surface area contributed by atoms with Crippen molar-refractivity contribution >= 4 is 22.4 Å². The fourth-order valence-corrected chi connectivity index (χ4v) is 2.92. The van der Waals surface area contributed by atoms with E-state index < -0.39 is 0 Å². The number of nitrogens with zero attached hydrogens (tertiary/aromatic N) is 4. The fourth-order valence-electron chi connectivity index (χ4n) is 2.92. The monoisotopic (exact) mass is 375 g/mol. The molecule has 0 bridgehead atoms. The number of rotatable bonds is 6. The minimum atomic E-state index is 0.431. The second kappa shape index (κ2) is 7.64. The van der Waals surface area contributed by atoms with Crippen LogP contribution in [0.2, 0.25) is 0 Å². The number of pyridine rings is 2. The van der Waals surface area contributed by atoms with Crippen molar-refractivity contribution in [1.82, 2.24) is 20.1 Å². The van der Waals surface area contributed by atoms with Gasteiger partial charge in [0.05, 0.1) is 17.9 Å². The van der Waals surface area contributed by atoms with Gasteiger partial charge in [-0.15, -0.1) is 0 Å². The van der Waals surface area contributed by atoms with Gasteiger partial charge >= 0.3 is 0 Å². The highest BCUT2D eigenvalue weighted by Gasteiger charge is 2.17. The van der Waals surface area contributed by atoms with Gasteiger partial charge in [0.1, 0.15) is 5.75 Å². The summed E-state index contributed by atoms with van der Waals surface area (Å²) in [5.41, 5.74) is 4.04. The highest BCUT2D eigenvalue weighted by molar-refractivity contribution is 5.98. The van der Waals surface area contributed by atoms with E-state index in [0.29, 0.717) is 30.4 Å². The Balaban J connectivity index is 1.81. The molecule has 0 spiro atoms. The average molecular weight is 375 g/mol. The molecule has 7 nitrogen and oxygen atoms in total. The van der Waals surface area contributed by atoms with Crippen molar-refractivity contribution in [3.05, 3.63) is 54.1 Å². The van der Waals surface area contributed by atoms with Gasteiger partial charge in [0.15, 0.2) is 11.5 Å². The summed E-state index contributed by atoms with van der Waals surface area (Å²) in [6.45, 7) is 6.53. The van der Waals surface area contributed by atoms with E-state index in [0.717, 1.165) is 33.8 Å². The van der Waals surface area contributed by atoms with Crippen molar-refractivity contribution in [3.63, 3.8) is 0 Å². The van der Waals surface area contributed by atoms with E-state index in [2.05, 4.69) is 25.4 Å². The van der Waals surface area contributed by atoms with E-state index in [4.69, 9.17) is 9.26 Å². The molecule has 4 aromatic rings. The molecule has 1 aromatic carbocycles. The fraction of sp³-hybridized carbons (Fsp3) is 0.238. The molecule has 0 saturated heterocycles. The summed E-state index contributed by atoms with van der Waals surface area (Å²) in [5.74, 6) is 1.92. The summed E-state index contributed by atoms with van der Waals surface area (Å²) in [6, 6.07) is 11.8. The van der Waals surface area contributed by atoms with Crippen LogP contribution in [0, 0.1) is 6.92 Å². The van der Waals surface area contributed by atoms with Crippen LogP contribution in [0.3, 0.4) is 0 Å². The van der Waals surface area contributed by atoms with Crippen LogP contribution in [-0.2, 0) is 6.42 Å². The predicted molar refractivity (Wildman–Crippen MR) is 108 cm³/mol. The Kier molecular flexibility index (Phi) is 4.89. The molecule has 4 rings (SSSR count). The third-order valence-corrected chi connectivity index (χ3v) is 4.32. The van der Waals surface area contributed by atoms with Crippen LogP contribution in [0.4, 0.5) is 11.4 Å². The molecule has 142 valence electrons. The van der Waals surface area contributed by atoms with E-state index in [-0.39, 0.29) is 0 Å². The maximum absolute atomic E-state index is 5.52. The molecule has 0 aliphatic rings. The van der Waals surface area contributed by atoms with Crippen LogP contribution in [0.15, 0.2) is 47.1 Å². The van der Waals surface area contributed by atoms with Crippen LogP contribution < -0.4 is 10.1 Å². The van der Waals surface area contributed by atoms with Gasteiger partial charge in [-0.3, -0.25) is 0 Å². The molecular formula is C21H21N5O2. The molecular weight excluding hydrogens is 354 g/mol. The topological polar surface area (TPSA) is 86.0 Å². The number of nitrogens with one attached hydrogen (secondary N) is 1. The zero-order valence-electron chi connectivity index (χ0n) is 16.1. The second-order valence-corrected chi connectivity index (χ2v) is 6.32. The van der Waals surface area contributed by atoms with Gasteiger partial charge < -0.3 is 14.6 Å². The molecule has 0 saturated carbocycles. The average Bonchev–Trinajstić information content (AvgIpc) is 3.18. The number of fused-ring (bicyclic) bond motifs is 1. The largest absolute Gasteiger partial charge is 0.494 e. The third kappa shape index (κ3) is 3.51. The van der Waals surface area contributed by atoms with E-state index >= 15 is 0 Å². The zero-order valence-corrected chi connectivity index (χ0v) is 16.1. The minimum Gasteiger partial charge on any atom is -0.494 e. The van der Waals surface area contributed by atoms with Crippen LogP contribution in [-0.4, -0.2) is 26.7 Å². The first-order valence-electron chi connectivity index (χ1n) is 9.27. The van der Waals surface area contributed by atoms with Gasteiger partial charge in [-0.25, -0.2) is 9.97 Å². The normalized spacial score (nSPS) is 11.0. The number of hydrogen-bond donors (Lipinski definition) is 1. The van der Waals surface area contributed by atoms with Crippen LogP contribution in [0.25, 0.3) is 22.5 Å². The Hall–Kier alpha value is -3.48. The summed E-state index contributed by atoms with van der Waals surface area (Å²) in [6.07, 6.45) is 2.42. The lowest BCUT2D eigenvalue weighted by atomic mass is 10.1. The lowest BCUT2D eigenvalue weighted by Crippen LogP contribution is -1.99. The van der Waals surface area contributed by atoms with E-state index in [9.17, 15) is 0 Å². The summed E-state index contributed by atoms with van der Waals surface area (Å²) in [5, 5.41) is 8.36. The summed E-state index contributed by atoms with van der Waals surface area (Å²) >= 11 is 0. The molecule has 0 aliphatic heterocycles. The van der Waals surface area contributed by atoms with Crippen LogP contribution in [0.5, 0.6) is 5.75 Å². The number of anilines is 2. The molecule has 0 radical (unpaired) electrons. The number of aromatic nitrogens is 4. The van der Waals surface area contributed by atoms with E-state index in [1.807, 2.05) is 57.2 Å². The number of aryl methyl sites for hydroxylation is 2. The Morgan fingerprint density at radius 2 is 1.86 bits per heavy atom. The standard InChI is InChI=1S/C21H21N5O2/c1-4-18-25-21(28-26-18)17-12-22-20-16(11-6-13(3)23-20)19(17)24-14-7-9-15(10-8-14)27-5-2/h6-12H,4-5H2,1-3H3,(H,22,23,24). The Bertz CT molecular complexity index is 1110. The van der Waals surface area contributed by atoms with Crippen LogP contribution >= 0.6 is 0 Å². The van der Waals surface area contributed by atoms with Crippen molar-refractivity contribution < 1.29 is 9.26 Å². The number of benzene rings is 1. The van der Waals surface area contributed by atoms with E-state index in [1.54, 1.807) is 6.20 Å². The highest BCUT2D eigenvalue weighted by atomic mass is 16.5. The quantitative estimate of drug-likeness (QED) is 0.523. The van der Waals surface area contributed by atoms with Gasteiger partial charge in [-0.1, -0.05) is 12.1 Å². The maximum atomic E-state index is 5.52. The summed E-state index contributed by atoms with van der Waals surface area (Å²) in [4.78, 5) is 13.5. The van der Waals surface area contributed by atoms with Crippen molar-refractivity contribution in [1.29, 1.82) is 0 Å². The zero-order chi connectivity index (χ0) is 19.5. The Labute approximate surface area is 162 Å². The summed E-state index contributed by atoms with van der Waals surface area (Å²) in [7, 11) is 0. The SMILES string of the molecule is CCOc1ccc(Nc2c(-c3nc(CC)no3)cnc3nc(C)ccc23)cc1. The van der Waals surface area contributed by atoms with Gasteiger partial charge in [-0.2, -0.15) is 4.98 Å². The Morgan fingerprint density at radius 3 is 2.57 bits per heavy atom. The lowest BCUT2D eigenvalue weighted by Gasteiger charge is -2.13. The first kappa shape index (κ1) is 17.9. The molecule has 3 aromatic heterocycles. The van der Waals surface area contributed by atoms with Crippen LogP contribution in [0.1, 0.15) is 25.4 Å².